The number of thiophene rings is 1. The van der Waals surface area contributed by atoms with Gasteiger partial charge in [0.2, 0.25) is 0 Å². The molecule has 0 bridgehead atoms. The Kier molecular flexibility index (Phi) is 6.67. The van der Waals surface area contributed by atoms with Crippen molar-refractivity contribution in [3.05, 3.63) is 85.8 Å². The molecule has 2 heterocycles. The Balaban J connectivity index is 1.13. The number of carbonyl (C=O) groups excluding carboxylic acids is 1. The zero-order valence-electron chi connectivity index (χ0n) is 18.4. The van der Waals surface area contributed by atoms with Gasteiger partial charge >= 0.3 is 0 Å². The first kappa shape index (κ1) is 22.4. The molecular formula is C26H26ClFN2O2S. The molecule has 1 saturated heterocycles. The van der Waals surface area contributed by atoms with Crippen LogP contribution in [0, 0.1) is 5.82 Å². The molecule has 33 heavy (non-hydrogen) atoms. The number of carbonyl (C=O) groups is 1. The number of benzene rings is 2. The fraction of sp³-hybridized carbons (Fsp3) is 0.346. The molecule has 0 N–H and O–H groups in total. The van der Waals surface area contributed by atoms with Gasteiger partial charge in [-0.05, 0) is 66.1 Å². The van der Waals surface area contributed by atoms with E-state index in [0.717, 1.165) is 29.0 Å². The number of nitrogens with zero attached hydrogens (tertiary/aromatic N) is 2. The molecule has 0 radical (unpaired) electrons. The summed E-state index contributed by atoms with van der Waals surface area (Å²) < 4.78 is 20.1. The standard InChI is InChI=1S/C26H26ClFN2O2S/c27-23-5-2-6-24(28)22(23)15-29-9-11-30(12-10-29)26(31)25-13-18(17-33-25)16-32-21-8-7-19-3-1-4-20(19)14-21/h2,5-8,13-14,17H,1,3-4,9-12,15-16H2. The lowest BCUT2D eigenvalue weighted by atomic mass is 10.1. The van der Waals surface area contributed by atoms with Crippen molar-refractivity contribution >= 4 is 28.8 Å². The third kappa shape index (κ3) is 5.08. The van der Waals surface area contributed by atoms with E-state index in [9.17, 15) is 9.18 Å². The summed E-state index contributed by atoms with van der Waals surface area (Å²) >= 11 is 7.62. The van der Waals surface area contributed by atoms with Crippen LogP contribution in [0.3, 0.4) is 0 Å². The normalized spacial score (nSPS) is 16.1. The maximum absolute atomic E-state index is 14.1. The van der Waals surface area contributed by atoms with E-state index in [-0.39, 0.29) is 11.7 Å². The molecule has 0 atom stereocenters. The summed E-state index contributed by atoms with van der Waals surface area (Å²) in [4.78, 5) is 17.7. The molecule has 7 heteroatoms. The highest BCUT2D eigenvalue weighted by molar-refractivity contribution is 7.12. The van der Waals surface area contributed by atoms with E-state index < -0.39 is 0 Å². The van der Waals surface area contributed by atoms with E-state index in [1.54, 1.807) is 12.1 Å². The number of halogens is 2. The smallest absolute Gasteiger partial charge is 0.264 e. The van der Waals surface area contributed by atoms with Gasteiger partial charge in [0.25, 0.3) is 5.91 Å². The highest BCUT2D eigenvalue weighted by Crippen LogP contribution is 2.27. The molecule has 1 aliphatic heterocycles. The Morgan fingerprint density at radius 2 is 1.88 bits per heavy atom. The van der Waals surface area contributed by atoms with Crippen molar-refractivity contribution in [2.24, 2.45) is 0 Å². The van der Waals surface area contributed by atoms with E-state index in [2.05, 4.69) is 17.0 Å². The van der Waals surface area contributed by atoms with E-state index in [1.165, 1.54) is 35.0 Å². The SMILES string of the molecule is O=C(c1cc(COc2ccc3c(c2)CCC3)cs1)N1CCN(Cc2c(F)cccc2Cl)CC1. The van der Waals surface area contributed by atoms with Crippen LogP contribution < -0.4 is 4.74 Å². The molecule has 2 aromatic carbocycles. The molecule has 0 unspecified atom stereocenters. The van der Waals surface area contributed by atoms with Crippen LogP contribution in [0.5, 0.6) is 5.75 Å². The largest absolute Gasteiger partial charge is 0.489 e. The fourth-order valence-corrected chi connectivity index (χ4v) is 5.63. The van der Waals surface area contributed by atoms with Gasteiger partial charge in [-0.2, -0.15) is 0 Å². The molecule has 1 aliphatic carbocycles. The van der Waals surface area contributed by atoms with Crippen molar-refractivity contribution in [1.82, 2.24) is 9.80 Å². The van der Waals surface area contributed by atoms with Gasteiger partial charge < -0.3 is 9.64 Å². The van der Waals surface area contributed by atoms with Crippen LogP contribution >= 0.6 is 22.9 Å². The van der Waals surface area contributed by atoms with Crippen molar-refractivity contribution in [2.45, 2.75) is 32.4 Å². The second-order valence-corrected chi connectivity index (χ2v) is 9.98. The number of rotatable bonds is 6. The van der Waals surface area contributed by atoms with Gasteiger partial charge in [0.05, 0.1) is 4.88 Å². The second-order valence-electron chi connectivity index (χ2n) is 8.66. The van der Waals surface area contributed by atoms with Crippen molar-refractivity contribution in [2.75, 3.05) is 26.2 Å². The van der Waals surface area contributed by atoms with Crippen molar-refractivity contribution in [3.8, 4) is 5.75 Å². The van der Waals surface area contributed by atoms with Gasteiger partial charge in [-0.1, -0.05) is 23.7 Å². The number of hydrogen-bond donors (Lipinski definition) is 0. The third-order valence-electron chi connectivity index (χ3n) is 6.44. The molecule has 2 aliphatic rings. The Bertz CT molecular complexity index is 1140. The summed E-state index contributed by atoms with van der Waals surface area (Å²) in [7, 11) is 0. The first-order valence-corrected chi connectivity index (χ1v) is 12.6. The predicted molar refractivity (Wildman–Crippen MR) is 130 cm³/mol. The van der Waals surface area contributed by atoms with E-state index in [0.29, 0.717) is 49.9 Å². The Hall–Kier alpha value is -2.41. The quantitative estimate of drug-likeness (QED) is 0.458. The predicted octanol–water partition coefficient (Wildman–Crippen LogP) is 5.57. The second kappa shape index (κ2) is 9.84. The van der Waals surface area contributed by atoms with Crippen molar-refractivity contribution in [1.29, 1.82) is 0 Å². The summed E-state index contributed by atoms with van der Waals surface area (Å²) in [5.74, 6) is 0.655. The fourth-order valence-electron chi connectivity index (χ4n) is 4.54. The minimum absolute atomic E-state index is 0.0485. The number of ether oxygens (including phenoxy) is 1. The third-order valence-corrected chi connectivity index (χ3v) is 7.76. The van der Waals surface area contributed by atoms with Crippen LogP contribution in [0.25, 0.3) is 0 Å². The Morgan fingerprint density at radius 1 is 1.06 bits per heavy atom. The highest BCUT2D eigenvalue weighted by atomic mass is 35.5. The maximum Gasteiger partial charge on any atom is 0.264 e. The molecule has 0 spiro atoms. The molecule has 0 saturated carbocycles. The van der Waals surface area contributed by atoms with Gasteiger partial charge in [-0.25, -0.2) is 4.39 Å². The van der Waals surface area contributed by atoms with Crippen LogP contribution in [-0.2, 0) is 26.0 Å². The van der Waals surface area contributed by atoms with Gasteiger partial charge in [0.1, 0.15) is 18.2 Å². The molecule has 3 aromatic rings. The number of fused-ring (bicyclic) bond motifs is 1. The minimum Gasteiger partial charge on any atom is -0.489 e. The number of hydrogen-bond acceptors (Lipinski definition) is 4. The first-order valence-electron chi connectivity index (χ1n) is 11.3. The lowest BCUT2D eigenvalue weighted by molar-refractivity contribution is 0.0631. The van der Waals surface area contributed by atoms with Gasteiger partial charge in [-0.3, -0.25) is 9.69 Å². The number of piperazine rings is 1. The van der Waals surface area contributed by atoms with Crippen molar-refractivity contribution in [3.63, 3.8) is 0 Å². The Morgan fingerprint density at radius 3 is 2.70 bits per heavy atom. The average Bonchev–Trinajstić information content (AvgIpc) is 3.49. The molecule has 1 aromatic heterocycles. The highest BCUT2D eigenvalue weighted by Gasteiger charge is 2.24. The summed E-state index contributed by atoms with van der Waals surface area (Å²) in [6, 6.07) is 13.0. The maximum atomic E-state index is 14.1. The zero-order valence-corrected chi connectivity index (χ0v) is 19.9. The van der Waals surface area contributed by atoms with E-state index in [1.807, 2.05) is 22.4 Å². The molecule has 5 rings (SSSR count). The average molecular weight is 485 g/mol. The van der Waals surface area contributed by atoms with Crippen LogP contribution in [0.4, 0.5) is 4.39 Å². The van der Waals surface area contributed by atoms with Crippen LogP contribution in [-0.4, -0.2) is 41.9 Å². The summed E-state index contributed by atoms with van der Waals surface area (Å²) in [6.45, 7) is 3.52. The van der Waals surface area contributed by atoms with Crippen LogP contribution in [0.2, 0.25) is 5.02 Å². The minimum atomic E-state index is -0.283. The number of amides is 1. The molecule has 172 valence electrons. The van der Waals surface area contributed by atoms with Crippen molar-refractivity contribution < 1.29 is 13.9 Å². The van der Waals surface area contributed by atoms with E-state index >= 15 is 0 Å². The topological polar surface area (TPSA) is 32.8 Å². The van der Waals surface area contributed by atoms with Gasteiger partial charge in [-0.15, -0.1) is 11.3 Å². The summed E-state index contributed by atoms with van der Waals surface area (Å²) in [6.07, 6.45) is 3.51. The first-order chi connectivity index (χ1) is 16.1. The van der Waals surface area contributed by atoms with E-state index in [4.69, 9.17) is 16.3 Å². The van der Waals surface area contributed by atoms with Gasteiger partial charge in [0.15, 0.2) is 0 Å². The lowest BCUT2D eigenvalue weighted by Gasteiger charge is -2.34. The monoisotopic (exact) mass is 484 g/mol. The molecular weight excluding hydrogens is 459 g/mol. The Labute approximate surface area is 202 Å². The summed E-state index contributed by atoms with van der Waals surface area (Å²) in [5, 5.41) is 2.44. The zero-order chi connectivity index (χ0) is 22.8. The number of aryl methyl sites for hydroxylation is 2. The van der Waals surface area contributed by atoms with Crippen LogP contribution in [0.15, 0.2) is 47.8 Å². The lowest BCUT2D eigenvalue weighted by Crippen LogP contribution is -2.48. The van der Waals surface area contributed by atoms with Gasteiger partial charge in [0, 0.05) is 48.9 Å². The molecule has 1 amide bonds. The molecule has 1 fully saturated rings. The molecule has 4 nitrogen and oxygen atoms in total. The van der Waals surface area contributed by atoms with Crippen LogP contribution in [0.1, 0.15) is 38.3 Å². The summed E-state index contributed by atoms with van der Waals surface area (Å²) in [5.41, 5.74) is 4.36.